The highest BCUT2D eigenvalue weighted by Crippen LogP contribution is 2.27. The number of hydrogen-bond donors (Lipinski definition) is 1. The first-order valence-corrected chi connectivity index (χ1v) is 7.32. The molecule has 0 aliphatic carbocycles. The van der Waals surface area contributed by atoms with Gasteiger partial charge in [0.25, 0.3) is 0 Å². The molecule has 0 saturated heterocycles. The number of nitrogens with zero attached hydrogens (tertiary/aromatic N) is 2. The Balaban J connectivity index is 2.08. The number of hydrogen-bond acceptors (Lipinski definition) is 3. The third-order valence-corrected chi connectivity index (χ3v) is 3.74. The van der Waals surface area contributed by atoms with Crippen molar-refractivity contribution < 1.29 is 0 Å². The van der Waals surface area contributed by atoms with E-state index in [1.165, 1.54) is 5.56 Å². The molecule has 3 rings (SSSR count). The lowest BCUT2D eigenvalue weighted by Crippen LogP contribution is -1.98. The monoisotopic (exact) mass is 327 g/mol. The molecule has 0 atom stereocenters. The first kappa shape index (κ1) is 13.1. The summed E-state index contributed by atoms with van der Waals surface area (Å²) < 4.78 is 1.02. The van der Waals surface area contributed by atoms with Gasteiger partial charge in [-0.3, -0.25) is 0 Å². The van der Waals surface area contributed by atoms with Gasteiger partial charge in [-0.2, -0.15) is 0 Å². The number of aryl methyl sites for hydroxylation is 1. The van der Waals surface area contributed by atoms with E-state index in [0.717, 1.165) is 33.3 Å². The zero-order valence-electron chi connectivity index (χ0n) is 11.1. The molecule has 3 nitrogen and oxygen atoms in total. The van der Waals surface area contributed by atoms with Crippen LogP contribution in [0.3, 0.4) is 0 Å². The van der Waals surface area contributed by atoms with Crippen molar-refractivity contribution in [2.24, 2.45) is 0 Å². The van der Waals surface area contributed by atoms with Crippen LogP contribution in [-0.4, -0.2) is 9.97 Å². The Kier molecular flexibility index (Phi) is 3.65. The van der Waals surface area contributed by atoms with Gasteiger partial charge in [0, 0.05) is 15.5 Å². The zero-order chi connectivity index (χ0) is 13.9. The van der Waals surface area contributed by atoms with Crippen LogP contribution >= 0.6 is 15.9 Å². The van der Waals surface area contributed by atoms with Gasteiger partial charge in [-0.05, 0) is 36.2 Å². The Morgan fingerprint density at radius 3 is 2.80 bits per heavy atom. The van der Waals surface area contributed by atoms with Gasteiger partial charge < -0.3 is 5.32 Å². The Morgan fingerprint density at radius 1 is 1.10 bits per heavy atom. The molecule has 1 N–H and O–H groups in total. The van der Waals surface area contributed by atoms with Gasteiger partial charge in [-0.25, -0.2) is 9.97 Å². The van der Waals surface area contributed by atoms with Gasteiger partial charge >= 0.3 is 0 Å². The average molecular weight is 328 g/mol. The van der Waals surface area contributed by atoms with Gasteiger partial charge in [0.05, 0.1) is 5.52 Å². The molecule has 20 heavy (non-hydrogen) atoms. The normalized spacial score (nSPS) is 10.7. The molecule has 0 aliphatic heterocycles. The second-order valence-electron chi connectivity index (χ2n) is 4.52. The van der Waals surface area contributed by atoms with Gasteiger partial charge in [-0.1, -0.05) is 41.1 Å². The molecule has 2 aromatic carbocycles. The average Bonchev–Trinajstić information content (AvgIpc) is 2.48. The molecule has 1 heterocycles. The van der Waals surface area contributed by atoms with Crippen molar-refractivity contribution in [2.75, 3.05) is 5.32 Å². The molecule has 3 aromatic rings. The summed E-state index contributed by atoms with van der Waals surface area (Å²) in [5, 5.41) is 4.43. The van der Waals surface area contributed by atoms with Crippen molar-refractivity contribution in [3.05, 3.63) is 58.8 Å². The van der Waals surface area contributed by atoms with Gasteiger partial charge in [0.1, 0.15) is 12.1 Å². The van der Waals surface area contributed by atoms with Gasteiger partial charge in [0.15, 0.2) is 0 Å². The number of anilines is 2. The van der Waals surface area contributed by atoms with E-state index in [-0.39, 0.29) is 0 Å². The summed E-state index contributed by atoms with van der Waals surface area (Å²) in [5.41, 5.74) is 3.30. The third kappa shape index (κ3) is 2.51. The predicted octanol–water partition coefficient (Wildman–Crippen LogP) is 4.70. The van der Waals surface area contributed by atoms with Crippen LogP contribution in [0.1, 0.15) is 12.5 Å². The van der Waals surface area contributed by atoms with Crippen LogP contribution in [0.5, 0.6) is 0 Å². The number of aromatic nitrogens is 2. The fraction of sp³-hybridized carbons (Fsp3) is 0.125. The summed E-state index contributed by atoms with van der Waals surface area (Å²) >= 11 is 3.50. The SMILES string of the molecule is CCc1ccccc1Nc1ncnc2ccc(Br)cc12. The van der Waals surface area contributed by atoms with Crippen LogP contribution in [0.15, 0.2) is 53.3 Å². The molecule has 0 unspecified atom stereocenters. The number of rotatable bonds is 3. The lowest BCUT2D eigenvalue weighted by molar-refractivity contribution is 1.13. The fourth-order valence-electron chi connectivity index (χ4n) is 2.21. The molecule has 1 aromatic heterocycles. The standard InChI is InChI=1S/C16H14BrN3/c1-2-11-5-3-4-6-14(11)20-16-13-9-12(17)7-8-15(13)18-10-19-16/h3-10H,2H2,1H3,(H,18,19,20). The largest absolute Gasteiger partial charge is 0.339 e. The van der Waals surface area contributed by atoms with E-state index in [1.54, 1.807) is 6.33 Å². The molecular formula is C16H14BrN3. The van der Waals surface area contributed by atoms with Gasteiger partial charge in [0.2, 0.25) is 0 Å². The Labute approximate surface area is 126 Å². The molecule has 0 amide bonds. The summed E-state index contributed by atoms with van der Waals surface area (Å²) in [6.07, 6.45) is 2.57. The molecule has 0 fully saturated rings. The first-order chi connectivity index (χ1) is 9.78. The summed E-state index contributed by atoms with van der Waals surface area (Å²) in [6.45, 7) is 2.15. The predicted molar refractivity (Wildman–Crippen MR) is 86.3 cm³/mol. The van der Waals surface area contributed by atoms with Crippen molar-refractivity contribution in [3.8, 4) is 0 Å². The van der Waals surface area contributed by atoms with E-state index < -0.39 is 0 Å². The Hall–Kier alpha value is -1.94. The van der Waals surface area contributed by atoms with Crippen LogP contribution in [0.4, 0.5) is 11.5 Å². The maximum atomic E-state index is 4.38. The Morgan fingerprint density at radius 2 is 1.95 bits per heavy atom. The molecule has 0 bridgehead atoms. The summed E-state index contributed by atoms with van der Waals surface area (Å²) in [7, 11) is 0. The molecule has 4 heteroatoms. The van der Waals surface area contributed by atoms with E-state index in [9.17, 15) is 0 Å². The quantitative estimate of drug-likeness (QED) is 0.757. The zero-order valence-corrected chi connectivity index (χ0v) is 12.7. The van der Waals surface area contributed by atoms with E-state index in [2.05, 4.69) is 56.3 Å². The number of para-hydroxylation sites is 1. The molecule has 0 spiro atoms. The highest BCUT2D eigenvalue weighted by molar-refractivity contribution is 9.10. The second kappa shape index (κ2) is 5.59. The van der Waals surface area contributed by atoms with E-state index >= 15 is 0 Å². The maximum Gasteiger partial charge on any atom is 0.141 e. The van der Waals surface area contributed by atoms with E-state index in [4.69, 9.17) is 0 Å². The minimum absolute atomic E-state index is 0.831. The number of benzene rings is 2. The minimum atomic E-state index is 0.831. The third-order valence-electron chi connectivity index (χ3n) is 3.25. The smallest absolute Gasteiger partial charge is 0.141 e. The molecule has 0 saturated carbocycles. The lowest BCUT2D eigenvalue weighted by atomic mass is 10.1. The topological polar surface area (TPSA) is 37.8 Å². The van der Waals surface area contributed by atoms with Crippen LogP contribution in [-0.2, 0) is 6.42 Å². The second-order valence-corrected chi connectivity index (χ2v) is 5.44. The van der Waals surface area contributed by atoms with Crippen molar-refractivity contribution in [1.82, 2.24) is 9.97 Å². The summed E-state index contributed by atoms with van der Waals surface area (Å²) in [5.74, 6) is 0.831. The van der Waals surface area contributed by atoms with Crippen LogP contribution < -0.4 is 5.32 Å². The number of nitrogens with one attached hydrogen (secondary N) is 1. The first-order valence-electron chi connectivity index (χ1n) is 6.53. The maximum absolute atomic E-state index is 4.38. The lowest BCUT2D eigenvalue weighted by Gasteiger charge is -2.11. The highest BCUT2D eigenvalue weighted by atomic mass is 79.9. The van der Waals surface area contributed by atoms with Crippen molar-refractivity contribution in [2.45, 2.75) is 13.3 Å². The van der Waals surface area contributed by atoms with Crippen molar-refractivity contribution in [1.29, 1.82) is 0 Å². The molecule has 0 radical (unpaired) electrons. The molecule has 0 aliphatic rings. The number of halogens is 1. The summed E-state index contributed by atoms with van der Waals surface area (Å²) in [6, 6.07) is 14.3. The number of fused-ring (bicyclic) bond motifs is 1. The van der Waals surface area contributed by atoms with Crippen LogP contribution in [0, 0.1) is 0 Å². The van der Waals surface area contributed by atoms with E-state index in [0.29, 0.717) is 0 Å². The van der Waals surface area contributed by atoms with Crippen molar-refractivity contribution in [3.63, 3.8) is 0 Å². The fourth-order valence-corrected chi connectivity index (χ4v) is 2.57. The molecular weight excluding hydrogens is 314 g/mol. The van der Waals surface area contributed by atoms with Gasteiger partial charge in [-0.15, -0.1) is 0 Å². The Bertz CT molecular complexity index is 756. The highest BCUT2D eigenvalue weighted by Gasteiger charge is 2.06. The van der Waals surface area contributed by atoms with Crippen LogP contribution in [0.25, 0.3) is 10.9 Å². The van der Waals surface area contributed by atoms with Crippen molar-refractivity contribution >= 4 is 38.3 Å². The minimum Gasteiger partial charge on any atom is -0.339 e. The molecule has 100 valence electrons. The summed E-state index contributed by atoms with van der Waals surface area (Å²) in [4.78, 5) is 8.67. The van der Waals surface area contributed by atoms with E-state index in [1.807, 2.05) is 24.3 Å². The van der Waals surface area contributed by atoms with Crippen LogP contribution in [0.2, 0.25) is 0 Å².